The third-order valence-electron chi connectivity index (χ3n) is 14.5. The van der Waals surface area contributed by atoms with E-state index in [-0.39, 0.29) is 85.9 Å². The van der Waals surface area contributed by atoms with E-state index in [1.54, 1.807) is 20.8 Å². The minimum atomic E-state index is -0.680. The van der Waals surface area contributed by atoms with E-state index in [2.05, 4.69) is 30.4 Å². The number of rotatable bonds is 12. The number of ether oxygens (including phenoxy) is 3. The molecule has 2 aliphatic carbocycles. The van der Waals surface area contributed by atoms with Crippen LogP contribution in [0.15, 0.2) is 73.3 Å². The normalized spacial score (nSPS) is 16.4. The maximum absolute atomic E-state index is 13.6. The number of para-hydroxylation sites is 2. The van der Waals surface area contributed by atoms with Crippen molar-refractivity contribution in [3.63, 3.8) is 0 Å². The molecule has 0 fully saturated rings. The van der Waals surface area contributed by atoms with Gasteiger partial charge in [-0.2, -0.15) is 9.13 Å². The smallest absolute Gasteiger partial charge is 0.326 e. The summed E-state index contributed by atoms with van der Waals surface area (Å²) in [6.07, 6.45) is 10.9. The van der Waals surface area contributed by atoms with Gasteiger partial charge in [-0.25, -0.2) is 9.13 Å². The zero-order valence-corrected chi connectivity index (χ0v) is 47.8. The summed E-state index contributed by atoms with van der Waals surface area (Å²) in [5.41, 5.74) is 10.7. The molecule has 0 aliphatic heterocycles. The van der Waals surface area contributed by atoms with E-state index in [1.165, 1.54) is 0 Å². The number of hydrogen-bond donors (Lipinski definition) is 1. The molecule has 0 amide bonds. The van der Waals surface area contributed by atoms with Crippen molar-refractivity contribution in [3.05, 3.63) is 107 Å². The van der Waals surface area contributed by atoms with Crippen LogP contribution in [-0.2, 0) is 82.1 Å². The average molecular weight is 1080 g/mol. The van der Waals surface area contributed by atoms with Crippen LogP contribution in [-0.4, -0.2) is 59.4 Å². The van der Waals surface area contributed by atoms with Crippen molar-refractivity contribution in [2.45, 2.75) is 146 Å². The molecule has 2 aromatic carbocycles. The molecule has 8 rings (SSSR count). The molecule has 0 saturated carbocycles. The Labute approximate surface area is 454 Å². The fraction of sp³-hybridized carbons (Fsp3) is 0.518. The lowest BCUT2D eigenvalue weighted by Gasteiger charge is -2.29. The molecule has 74 heavy (non-hydrogen) atoms. The first-order chi connectivity index (χ1) is 33.3. The number of Topliss-reactive ketones (excluding diaryl/α,β-unsaturated/α-hetero) is 2. The van der Waals surface area contributed by atoms with Gasteiger partial charge in [0.25, 0.3) is 11.6 Å². The van der Waals surface area contributed by atoms with Crippen LogP contribution in [0.1, 0.15) is 125 Å². The molecule has 18 heteroatoms. The van der Waals surface area contributed by atoms with Crippen LogP contribution in [0.3, 0.4) is 0 Å². The maximum atomic E-state index is 13.6. The van der Waals surface area contributed by atoms with Gasteiger partial charge in [0.2, 0.25) is 13.5 Å². The first-order valence-electron chi connectivity index (χ1n) is 24.9. The Kier molecular flexibility index (Phi) is 19.8. The number of hydrogen-bond acceptors (Lipinski definition) is 9. The molecule has 404 valence electrons. The van der Waals surface area contributed by atoms with Crippen molar-refractivity contribution >= 4 is 88.5 Å². The van der Waals surface area contributed by atoms with Gasteiger partial charge in [-0.3, -0.25) is 24.0 Å². The molecule has 0 saturated heterocycles. The van der Waals surface area contributed by atoms with Gasteiger partial charge in [-0.05, 0) is 69.4 Å². The summed E-state index contributed by atoms with van der Waals surface area (Å²) in [5.74, 6) is 0.124. The van der Waals surface area contributed by atoms with Crippen molar-refractivity contribution < 1.29 is 47.3 Å². The molecular formula is C56H78Cl3N7O8+2. The SMILES string of the molecule is Cc1n(CC2CCc3c(c4ccccc4n3C)C2=O)cc[n+]1COC(=O)[C@@H](CC(=O)OC(C)(C)C)C(C)(C)C.Cc1n(CC2CCc3c(c4ccccc4n3C)C2=O)cc[n+]1COC(=O)[C@@H](N)C(C)(C)C.Cl.Cl.Cl. The van der Waals surface area contributed by atoms with Crippen molar-refractivity contribution in [1.82, 2.24) is 18.3 Å². The molecule has 4 aromatic heterocycles. The van der Waals surface area contributed by atoms with Crippen LogP contribution in [0.2, 0.25) is 0 Å². The lowest BCUT2D eigenvalue weighted by Crippen LogP contribution is -2.46. The Morgan fingerprint density at radius 2 is 1.05 bits per heavy atom. The summed E-state index contributed by atoms with van der Waals surface area (Å²) in [6.45, 7) is 22.1. The van der Waals surface area contributed by atoms with E-state index in [4.69, 9.17) is 19.9 Å². The standard InChI is InChI=1S/C31H42N3O5.C25H33N4O3.3ClH/c1-20-33(18-21-13-14-25-27(28(21)36)22-11-9-10-12-24(22)32(25)8)15-16-34(20)19-38-29(37)23(30(2,3)4)17-26(35)39-31(5,6)7;1-16-28(12-13-29(16)15-32-24(31)23(26)25(2,3)4)14-17-10-11-20-21(22(17)30)18-8-6-7-9-19(18)27(20)5;;;/h9-12,15-16,21,23H,13-14,17-19H2,1-8H3;6-9,12-13,17,23H,10-11,14-15,26H2,1-5H3;3*1H/q2*+1;;;/t21?,23-;17?,23-;;;/m11.../s1. The number of carbonyl (C=O) groups is 5. The number of nitrogens with two attached hydrogens (primary N) is 1. The van der Waals surface area contributed by atoms with Gasteiger partial charge in [0.1, 0.15) is 49.5 Å². The van der Waals surface area contributed by atoms with Gasteiger partial charge in [-0.15, -0.1) is 37.2 Å². The van der Waals surface area contributed by atoms with Gasteiger partial charge in [0.05, 0.1) is 24.2 Å². The maximum Gasteiger partial charge on any atom is 0.326 e. The van der Waals surface area contributed by atoms with E-state index in [0.29, 0.717) is 13.1 Å². The van der Waals surface area contributed by atoms with Crippen LogP contribution in [0.25, 0.3) is 21.8 Å². The molecule has 0 spiro atoms. The number of carbonyl (C=O) groups excluding carboxylic acids is 5. The fourth-order valence-electron chi connectivity index (χ4n) is 9.99. The number of halogens is 3. The molecule has 0 bridgehead atoms. The Balaban J connectivity index is 0.000000313. The van der Waals surface area contributed by atoms with Crippen LogP contribution >= 0.6 is 37.2 Å². The third kappa shape index (κ3) is 13.1. The lowest BCUT2D eigenvalue weighted by molar-refractivity contribution is -0.733. The zero-order valence-electron chi connectivity index (χ0n) is 45.4. The Bertz CT molecular complexity index is 3000. The summed E-state index contributed by atoms with van der Waals surface area (Å²) >= 11 is 0. The highest BCUT2D eigenvalue weighted by atomic mass is 35.5. The lowest BCUT2D eigenvalue weighted by atomic mass is 9.79. The molecule has 15 nitrogen and oxygen atoms in total. The molecule has 4 heterocycles. The number of ketones is 2. The molecule has 0 radical (unpaired) electrons. The topological polar surface area (TPSA) is 167 Å². The number of aryl methyl sites for hydroxylation is 2. The first kappa shape index (κ1) is 61.1. The van der Waals surface area contributed by atoms with Crippen LogP contribution in [0.4, 0.5) is 0 Å². The van der Waals surface area contributed by atoms with Gasteiger partial charge in [-0.1, -0.05) is 77.9 Å². The fourth-order valence-corrected chi connectivity index (χ4v) is 9.99. The third-order valence-corrected chi connectivity index (χ3v) is 14.5. The number of imidazole rings is 2. The van der Waals surface area contributed by atoms with Crippen LogP contribution in [0.5, 0.6) is 0 Å². The predicted molar refractivity (Wildman–Crippen MR) is 292 cm³/mol. The molecular weight excluding hydrogens is 1010 g/mol. The first-order valence-corrected chi connectivity index (χ1v) is 24.9. The van der Waals surface area contributed by atoms with E-state index in [1.807, 2.05) is 140 Å². The number of esters is 3. The van der Waals surface area contributed by atoms with E-state index in [0.717, 1.165) is 81.7 Å². The number of nitrogens with zero attached hydrogens (tertiary/aromatic N) is 6. The minimum absolute atomic E-state index is 0. The summed E-state index contributed by atoms with van der Waals surface area (Å²) in [7, 11) is 4.08. The van der Waals surface area contributed by atoms with Crippen LogP contribution in [0, 0.1) is 42.4 Å². The Morgan fingerprint density at radius 1 is 0.649 bits per heavy atom. The molecule has 2 unspecified atom stereocenters. The highest BCUT2D eigenvalue weighted by molar-refractivity contribution is 6.12. The Morgan fingerprint density at radius 3 is 1.45 bits per heavy atom. The van der Waals surface area contributed by atoms with Crippen molar-refractivity contribution in [1.29, 1.82) is 0 Å². The number of benzene rings is 2. The largest absolute Gasteiger partial charge is 0.460 e. The van der Waals surface area contributed by atoms with Gasteiger partial charge >= 0.3 is 17.9 Å². The van der Waals surface area contributed by atoms with Gasteiger partial charge < -0.3 is 29.1 Å². The van der Waals surface area contributed by atoms with Crippen LogP contribution < -0.4 is 14.9 Å². The number of aromatic nitrogens is 6. The van der Waals surface area contributed by atoms with Gasteiger partial charge in [0.15, 0.2) is 11.6 Å². The highest BCUT2D eigenvalue weighted by Gasteiger charge is 2.38. The van der Waals surface area contributed by atoms with Gasteiger partial charge in [0, 0.05) is 72.3 Å². The van der Waals surface area contributed by atoms with E-state index < -0.39 is 40.9 Å². The second kappa shape index (κ2) is 24.0. The summed E-state index contributed by atoms with van der Waals surface area (Å²) in [4.78, 5) is 64.8. The minimum Gasteiger partial charge on any atom is -0.460 e. The summed E-state index contributed by atoms with van der Waals surface area (Å²) < 4.78 is 28.7. The van der Waals surface area contributed by atoms with Crippen molar-refractivity contribution in [3.8, 4) is 0 Å². The highest BCUT2D eigenvalue weighted by Crippen LogP contribution is 2.36. The molecule has 2 aliphatic rings. The van der Waals surface area contributed by atoms with E-state index >= 15 is 0 Å². The average Bonchev–Trinajstić information content (AvgIpc) is 4.01. The molecule has 6 aromatic rings. The van der Waals surface area contributed by atoms with Crippen molar-refractivity contribution in [2.24, 2.45) is 48.4 Å². The second-order valence-corrected chi connectivity index (χ2v) is 22.7. The second-order valence-electron chi connectivity index (χ2n) is 22.7. The quantitative estimate of drug-likeness (QED) is 0.0715. The summed E-state index contributed by atoms with van der Waals surface area (Å²) in [6, 6.07) is 15.5. The monoisotopic (exact) mass is 1080 g/mol. The van der Waals surface area contributed by atoms with Crippen molar-refractivity contribution in [2.75, 3.05) is 0 Å². The molecule has 4 atom stereocenters. The molecule has 2 N–H and O–H groups in total. The number of fused-ring (bicyclic) bond motifs is 6. The zero-order chi connectivity index (χ0) is 51.9. The Hall–Kier alpha value is -5.48. The van der Waals surface area contributed by atoms with E-state index in [9.17, 15) is 24.0 Å². The predicted octanol–water partition coefficient (Wildman–Crippen LogP) is 9.08. The summed E-state index contributed by atoms with van der Waals surface area (Å²) in [5, 5.41) is 2.07.